The molecule has 2 amide bonds. The van der Waals surface area contributed by atoms with Gasteiger partial charge in [-0.25, -0.2) is 4.98 Å². The lowest BCUT2D eigenvalue weighted by atomic mass is 9.94. The molecule has 9 heteroatoms. The summed E-state index contributed by atoms with van der Waals surface area (Å²) in [6, 6.07) is 6.27. The third-order valence-electron chi connectivity index (χ3n) is 7.16. The summed E-state index contributed by atoms with van der Waals surface area (Å²) in [6.07, 6.45) is 7.60. The fourth-order valence-corrected chi connectivity index (χ4v) is 4.86. The van der Waals surface area contributed by atoms with E-state index in [0.29, 0.717) is 43.3 Å². The first kappa shape index (κ1) is 33.8. The molecule has 2 heterocycles. The van der Waals surface area contributed by atoms with Crippen LogP contribution in [-0.4, -0.2) is 78.6 Å². The summed E-state index contributed by atoms with van der Waals surface area (Å²) in [7, 11) is 1.76. The number of oxazole rings is 1. The Labute approximate surface area is 256 Å². The number of hydrogen-bond donors (Lipinski definition) is 1. The molecule has 2 atom stereocenters. The Bertz CT molecular complexity index is 1280. The monoisotopic (exact) mass is 592 g/mol. The molecule has 1 N–H and O–H groups in total. The number of likely N-dealkylation sites (N-methyl/N-ethyl adjacent to an activating group) is 1. The van der Waals surface area contributed by atoms with Crippen LogP contribution in [0.4, 0.5) is 0 Å². The zero-order valence-corrected chi connectivity index (χ0v) is 26.6. The third-order valence-corrected chi connectivity index (χ3v) is 7.16. The average molecular weight is 593 g/mol. The number of benzene rings is 1. The zero-order valence-electron chi connectivity index (χ0n) is 26.6. The summed E-state index contributed by atoms with van der Waals surface area (Å²) in [5.41, 5.74) is 1.25. The summed E-state index contributed by atoms with van der Waals surface area (Å²) in [6.45, 7) is 21.2. The van der Waals surface area contributed by atoms with E-state index in [0.717, 1.165) is 24.4 Å². The van der Waals surface area contributed by atoms with Crippen molar-refractivity contribution in [2.45, 2.75) is 65.2 Å². The van der Waals surface area contributed by atoms with Crippen LogP contribution in [0.3, 0.4) is 0 Å². The summed E-state index contributed by atoms with van der Waals surface area (Å²) in [5, 5.41) is 2.97. The van der Waals surface area contributed by atoms with E-state index in [4.69, 9.17) is 13.9 Å². The molecule has 2 aromatic rings. The van der Waals surface area contributed by atoms with Crippen molar-refractivity contribution in [2.75, 3.05) is 39.8 Å². The molecule has 0 saturated carbocycles. The van der Waals surface area contributed by atoms with E-state index in [9.17, 15) is 9.59 Å². The van der Waals surface area contributed by atoms with Crippen LogP contribution >= 0.6 is 0 Å². The number of ether oxygens (including phenoxy) is 2. The number of aromatic nitrogens is 1. The van der Waals surface area contributed by atoms with Crippen LogP contribution in [0.1, 0.15) is 63.0 Å². The number of allylic oxidation sites excluding steroid dienone is 2. The molecule has 1 aliphatic heterocycles. The molecule has 9 nitrogen and oxygen atoms in total. The molecular weight excluding hydrogens is 544 g/mol. The SMILES string of the molecule is C=C/C=C(\C=C)CN1CCOC(CN(C)C(=O)C(CC(C)C)NC(=O)c2ccccc2OCc2ncc(C(C)(C)C)o2)C1. The van der Waals surface area contributed by atoms with Crippen molar-refractivity contribution >= 4 is 11.8 Å². The zero-order chi connectivity index (χ0) is 31.6. The maximum Gasteiger partial charge on any atom is 0.255 e. The van der Waals surface area contributed by atoms with Crippen molar-refractivity contribution in [3.8, 4) is 5.75 Å². The molecule has 1 saturated heterocycles. The van der Waals surface area contributed by atoms with E-state index in [2.05, 4.69) is 28.4 Å². The van der Waals surface area contributed by atoms with Crippen molar-refractivity contribution in [3.05, 3.63) is 84.6 Å². The molecule has 1 aliphatic rings. The molecule has 2 unspecified atom stereocenters. The van der Waals surface area contributed by atoms with Crippen molar-refractivity contribution in [2.24, 2.45) is 5.92 Å². The van der Waals surface area contributed by atoms with Gasteiger partial charge in [-0.05, 0) is 30.0 Å². The van der Waals surface area contributed by atoms with Gasteiger partial charge < -0.3 is 24.1 Å². The lowest BCUT2D eigenvalue weighted by molar-refractivity contribution is -0.135. The Kier molecular flexibility index (Phi) is 12.3. The van der Waals surface area contributed by atoms with E-state index in [1.165, 1.54) is 0 Å². The summed E-state index contributed by atoms with van der Waals surface area (Å²) >= 11 is 0. The normalized spacial score (nSPS) is 16.9. The first-order valence-electron chi connectivity index (χ1n) is 14.9. The minimum atomic E-state index is -0.700. The first-order chi connectivity index (χ1) is 20.4. The molecule has 1 aromatic carbocycles. The Balaban J connectivity index is 1.65. The van der Waals surface area contributed by atoms with E-state index >= 15 is 0 Å². The van der Waals surface area contributed by atoms with Gasteiger partial charge in [0, 0.05) is 38.6 Å². The molecule has 0 bridgehead atoms. The third kappa shape index (κ3) is 10.2. The molecule has 0 spiro atoms. The number of carbonyl (C=O) groups excluding carboxylic acids is 2. The number of carbonyl (C=O) groups is 2. The molecular formula is C34H48N4O5. The van der Waals surface area contributed by atoms with Crippen LogP contribution < -0.4 is 10.1 Å². The van der Waals surface area contributed by atoms with Gasteiger partial charge in [-0.1, -0.05) is 78.1 Å². The van der Waals surface area contributed by atoms with Crippen molar-refractivity contribution in [1.82, 2.24) is 20.1 Å². The number of morpholine rings is 1. The first-order valence-corrected chi connectivity index (χ1v) is 14.9. The Hall–Kier alpha value is -3.69. The fraction of sp³-hybridized carbons (Fsp3) is 0.500. The molecule has 1 fully saturated rings. The van der Waals surface area contributed by atoms with Crippen molar-refractivity contribution < 1.29 is 23.5 Å². The molecule has 43 heavy (non-hydrogen) atoms. The van der Waals surface area contributed by atoms with Crippen LogP contribution in [0.15, 0.2) is 71.8 Å². The van der Waals surface area contributed by atoms with Gasteiger partial charge in [-0.3, -0.25) is 14.5 Å². The van der Waals surface area contributed by atoms with Crippen LogP contribution in [0, 0.1) is 5.92 Å². The highest BCUT2D eigenvalue weighted by molar-refractivity contribution is 5.99. The Morgan fingerprint density at radius 1 is 1.26 bits per heavy atom. The van der Waals surface area contributed by atoms with Gasteiger partial charge in [0.25, 0.3) is 5.91 Å². The Morgan fingerprint density at radius 3 is 2.65 bits per heavy atom. The largest absolute Gasteiger partial charge is 0.483 e. The topological polar surface area (TPSA) is 97.1 Å². The van der Waals surface area contributed by atoms with Gasteiger partial charge in [-0.15, -0.1) is 0 Å². The van der Waals surface area contributed by atoms with Gasteiger partial charge in [0.05, 0.1) is 24.5 Å². The minimum absolute atomic E-state index is 0.0769. The van der Waals surface area contributed by atoms with Crippen LogP contribution in [0.25, 0.3) is 0 Å². The van der Waals surface area contributed by atoms with Gasteiger partial charge in [0.2, 0.25) is 11.8 Å². The summed E-state index contributed by atoms with van der Waals surface area (Å²) < 4.78 is 17.8. The quantitative estimate of drug-likeness (QED) is 0.303. The van der Waals surface area contributed by atoms with Gasteiger partial charge in [0.15, 0.2) is 6.61 Å². The maximum absolute atomic E-state index is 13.6. The standard InChI is InChI=1S/C34H48N4O5/c1-9-13-25(10-2)20-38-16-17-41-26(22-38)21-37(8)33(40)28(18-24(3)4)36-32(39)27-14-11-12-15-29(27)42-23-31-35-19-30(43-31)34(5,6)7/h9-15,19,24,26,28H,1-2,16-18,20-23H2,3-8H3,(H,36,39)/b25-13+. The Morgan fingerprint density at radius 2 is 2.00 bits per heavy atom. The number of rotatable bonds is 14. The predicted molar refractivity (Wildman–Crippen MR) is 169 cm³/mol. The fourth-order valence-electron chi connectivity index (χ4n) is 4.86. The number of nitrogens with zero attached hydrogens (tertiary/aromatic N) is 3. The minimum Gasteiger partial charge on any atom is -0.483 e. The second kappa shape index (κ2) is 15.7. The van der Waals surface area contributed by atoms with E-state index in [1.807, 2.05) is 46.8 Å². The highest BCUT2D eigenvalue weighted by atomic mass is 16.5. The van der Waals surface area contributed by atoms with Gasteiger partial charge in [-0.2, -0.15) is 0 Å². The average Bonchev–Trinajstić information content (AvgIpc) is 3.45. The van der Waals surface area contributed by atoms with E-state index in [1.54, 1.807) is 48.5 Å². The van der Waals surface area contributed by atoms with E-state index in [-0.39, 0.29) is 35.9 Å². The number of nitrogens with one attached hydrogen (secondary N) is 1. The van der Waals surface area contributed by atoms with E-state index < -0.39 is 6.04 Å². The molecule has 3 rings (SSSR count). The molecule has 234 valence electrons. The lowest BCUT2D eigenvalue weighted by Crippen LogP contribution is -2.52. The highest BCUT2D eigenvalue weighted by Gasteiger charge is 2.30. The summed E-state index contributed by atoms with van der Waals surface area (Å²) in [4.78, 5) is 35.4. The van der Waals surface area contributed by atoms with Crippen LogP contribution in [0.2, 0.25) is 0 Å². The van der Waals surface area contributed by atoms with Crippen LogP contribution in [0.5, 0.6) is 5.75 Å². The van der Waals surface area contributed by atoms with Gasteiger partial charge in [0.1, 0.15) is 17.6 Å². The van der Waals surface area contributed by atoms with Crippen molar-refractivity contribution in [1.29, 1.82) is 0 Å². The molecule has 0 aliphatic carbocycles. The lowest BCUT2D eigenvalue weighted by Gasteiger charge is -2.36. The van der Waals surface area contributed by atoms with Crippen LogP contribution in [-0.2, 0) is 21.6 Å². The number of hydrogen-bond acceptors (Lipinski definition) is 7. The second-order valence-corrected chi connectivity index (χ2v) is 12.4. The second-order valence-electron chi connectivity index (χ2n) is 12.4. The molecule has 0 radical (unpaired) electrons. The summed E-state index contributed by atoms with van der Waals surface area (Å²) in [5.74, 6) is 1.22. The smallest absolute Gasteiger partial charge is 0.255 e. The van der Waals surface area contributed by atoms with Crippen molar-refractivity contribution in [3.63, 3.8) is 0 Å². The molecule has 1 aromatic heterocycles. The maximum atomic E-state index is 13.6. The number of para-hydroxylation sites is 1. The predicted octanol–water partition coefficient (Wildman–Crippen LogP) is 5.15. The van der Waals surface area contributed by atoms with Gasteiger partial charge >= 0.3 is 0 Å². The number of amides is 2. The highest BCUT2D eigenvalue weighted by Crippen LogP contribution is 2.24.